The molecule has 0 saturated carbocycles. The number of hydrogen-bond donors (Lipinski definition) is 1. The van der Waals surface area contributed by atoms with Crippen LogP contribution in [-0.2, 0) is 0 Å². The Balaban J connectivity index is 0.000000163. The molecule has 216 valence electrons. The predicted molar refractivity (Wildman–Crippen MR) is 149 cm³/mol. The number of carbonyl (C=O) groups is 2. The minimum absolute atomic E-state index is 0.0492. The topological polar surface area (TPSA) is 89.4 Å². The van der Waals surface area contributed by atoms with E-state index in [9.17, 15) is 31.5 Å². The van der Waals surface area contributed by atoms with Gasteiger partial charge in [0.25, 0.3) is 0 Å². The Morgan fingerprint density at radius 2 is 1.05 bits per heavy atom. The zero-order chi connectivity index (χ0) is 30.9. The molecule has 6 nitrogen and oxygen atoms in total. The van der Waals surface area contributed by atoms with Crippen molar-refractivity contribution in [2.24, 2.45) is 0 Å². The number of aldehydes is 2. The maximum Gasteiger partial charge on any atom is 0.156 e. The van der Waals surface area contributed by atoms with Crippen molar-refractivity contribution in [3.8, 4) is 17.2 Å². The Bertz CT molecular complexity index is 1910. The van der Waals surface area contributed by atoms with Crippen LogP contribution in [0.2, 0.25) is 0 Å². The zero-order valence-electron chi connectivity index (χ0n) is 21.8. The first kappa shape index (κ1) is 30.3. The summed E-state index contributed by atoms with van der Waals surface area (Å²) >= 11 is 0. The van der Waals surface area contributed by atoms with Gasteiger partial charge in [0.05, 0.1) is 23.5 Å². The first-order valence-corrected chi connectivity index (χ1v) is 12.3. The van der Waals surface area contributed by atoms with E-state index in [2.05, 4.69) is 9.97 Å². The molecule has 0 unspecified atom stereocenters. The van der Waals surface area contributed by atoms with Crippen molar-refractivity contribution in [3.05, 3.63) is 138 Å². The SMILES string of the molecule is O=Cc1c(F)cccc1F.O=Cc1c(F)cccc1Oc1cnc2c(F)cccc2c1.Oc1cnc2c(F)cccc2c1. The third-order valence-corrected chi connectivity index (χ3v) is 5.76. The highest BCUT2D eigenvalue weighted by molar-refractivity contribution is 5.82. The number of carbonyl (C=O) groups excluding carboxylic acids is 2. The summed E-state index contributed by atoms with van der Waals surface area (Å²) in [6, 6.07) is 19.6. The number of aromatic hydroxyl groups is 1. The number of nitrogens with zero attached hydrogens (tertiary/aromatic N) is 2. The van der Waals surface area contributed by atoms with Crippen molar-refractivity contribution in [2.75, 3.05) is 0 Å². The molecule has 6 aromatic rings. The summed E-state index contributed by atoms with van der Waals surface area (Å²) in [6.07, 6.45) is 3.10. The number of hydrogen-bond acceptors (Lipinski definition) is 6. The van der Waals surface area contributed by atoms with Crippen molar-refractivity contribution in [2.45, 2.75) is 0 Å². The van der Waals surface area contributed by atoms with Gasteiger partial charge in [0.1, 0.15) is 57.4 Å². The molecule has 4 aromatic carbocycles. The second-order valence-corrected chi connectivity index (χ2v) is 8.61. The molecule has 1 N–H and O–H groups in total. The largest absolute Gasteiger partial charge is 0.506 e. The molecule has 0 bridgehead atoms. The molecule has 2 aromatic heterocycles. The lowest BCUT2D eigenvalue weighted by molar-refractivity contribution is 0.110. The molecule has 0 atom stereocenters. The fourth-order valence-corrected chi connectivity index (χ4v) is 3.74. The second-order valence-electron chi connectivity index (χ2n) is 8.61. The van der Waals surface area contributed by atoms with Crippen LogP contribution in [0.15, 0.2) is 97.3 Å². The lowest BCUT2D eigenvalue weighted by Gasteiger charge is -2.09. The summed E-state index contributed by atoms with van der Waals surface area (Å²) in [4.78, 5) is 28.6. The van der Waals surface area contributed by atoms with Crippen LogP contribution < -0.4 is 4.74 Å². The fourth-order valence-electron chi connectivity index (χ4n) is 3.74. The molecule has 0 saturated heterocycles. The maximum atomic E-state index is 13.5. The highest BCUT2D eigenvalue weighted by Crippen LogP contribution is 2.28. The highest BCUT2D eigenvalue weighted by Gasteiger charge is 2.11. The molecule has 43 heavy (non-hydrogen) atoms. The van der Waals surface area contributed by atoms with E-state index in [1.807, 2.05) is 0 Å². The molecule has 0 aliphatic carbocycles. The van der Waals surface area contributed by atoms with E-state index in [4.69, 9.17) is 9.84 Å². The summed E-state index contributed by atoms with van der Waals surface area (Å²) in [6.45, 7) is 0. The van der Waals surface area contributed by atoms with Gasteiger partial charge in [-0.2, -0.15) is 0 Å². The van der Waals surface area contributed by atoms with Crippen LogP contribution in [0, 0.1) is 29.1 Å². The Morgan fingerprint density at radius 1 is 0.581 bits per heavy atom. The van der Waals surface area contributed by atoms with Gasteiger partial charge in [0.2, 0.25) is 0 Å². The summed E-state index contributed by atoms with van der Waals surface area (Å²) in [7, 11) is 0. The fraction of sp³-hybridized carbons (Fsp3) is 0. The van der Waals surface area contributed by atoms with Crippen molar-refractivity contribution in [3.63, 3.8) is 0 Å². The molecule has 6 rings (SSSR count). The number of para-hydroxylation sites is 2. The zero-order valence-corrected chi connectivity index (χ0v) is 21.8. The van der Waals surface area contributed by atoms with Crippen LogP contribution >= 0.6 is 0 Å². The van der Waals surface area contributed by atoms with Gasteiger partial charge in [-0.05, 0) is 48.5 Å². The van der Waals surface area contributed by atoms with Crippen molar-refractivity contribution in [1.29, 1.82) is 0 Å². The number of aromatic nitrogens is 2. The smallest absolute Gasteiger partial charge is 0.156 e. The Labute approximate surface area is 240 Å². The minimum atomic E-state index is -0.824. The Hall–Kier alpha value is -5.71. The molecule has 0 aliphatic rings. The van der Waals surface area contributed by atoms with Crippen molar-refractivity contribution >= 4 is 34.4 Å². The van der Waals surface area contributed by atoms with E-state index in [-0.39, 0.29) is 40.2 Å². The molecule has 11 heteroatoms. The van der Waals surface area contributed by atoms with Crippen LogP contribution in [0.1, 0.15) is 20.7 Å². The van der Waals surface area contributed by atoms with Crippen molar-refractivity contribution in [1.82, 2.24) is 9.97 Å². The molecule has 0 amide bonds. The van der Waals surface area contributed by atoms with E-state index >= 15 is 0 Å². The van der Waals surface area contributed by atoms with Crippen LogP contribution in [0.4, 0.5) is 22.0 Å². The number of pyridine rings is 2. The molecular formula is C32H19F5N2O4. The van der Waals surface area contributed by atoms with Crippen LogP contribution in [0.3, 0.4) is 0 Å². The number of rotatable bonds is 4. The summed E-state index contributed by atoms with van der Waals surface area (Å²) in [5.74, 6) is -2.68. The summed E-state index contributed by atoms with van der Waals surface area (Å²) in [5.41, 5.74) is -0.172. The number of ether oxygens (including phenoxy) is 1. The van der Waals surface area contributed by atoms with E-state index in [0.29, 0.717) is 22.8 Å². The van der Waals surface area contributed by atoms with Crippen molar-refractivity contribution < 1.29 is 41.4 Å². The normalized spacial score (nSPS) is 10.3. The molecule has 0 fully saturated rings. The van der Waals surface area contributed by atoms with E-state index in [1.165, 1.54) is 54.9 Å². The summed E-state index contributed by atoms with van der Waals surface area (Å²) < 4.78 is 70.2. The number of halogens is 5. The lowest BCUT2D eigenvalue weighted by atomic mass is 10.2. The van der Waals surface area contributed by atoms with E-state index in [1.54, 1.807) is 30.3 Å². The van der Waals surface area contributed by atoms with Gasteiger partial charge in [-0.25, -0.2) is 31.9 Å². The summed E-state index contributed by atoms with van der Waals surface area (Å²) in [5, 5.41) is 10.2. The molecule has 0 spiro atoms. The molecule has 0 aliphatic heterocycles. The third kappa shape index (κ3) is 7.33. The standard InChI is InChI=1S/C16H9F2NO2.C9H6FNO.C7H4F2O/c17-13-4-2-6-15(12(13)9-20)21-11-7-10-3-1-5-14(18)16(10)19-8-11;10-8-3-1-2-6-4-7(12)5-11-9(6)8;8-6-2-1-3-7(9)5(6)4-10/h1-9H;1-5,12H;1-4H. The van der Waals surface area contributed by atoms with Gasteiger partial charge in [-0.3, -0.25) is 9.59 Å². The highest BCUT2D eigenvalue weighted by atomic mass is 19.1. The van der Waals surface area contributed by atoms with Gasteiger partial charge in [-0.15, -0.1) is 0 Å². The van der Waals surface area contributed by atoms with E-state index in [0.717, 1.165) is 12.1 Å². The van der Waals surface area contributed by atoms with Crippen LogP contribution in [-0.4, -0.2) is 27.6 Å². The Morgan fingerprint density at radius 3 is 1.60 bits per heavy atom. The van der Waals surface area contributed by atoms with E-state index < -0.39 is 28.8 Å². The van der Waals surface area contributed by atoms with Crippen LogP contribution in [0.25, 0.3) is 21.8 Å². The lowest BCUT2D eigenvalue weighted by Crippen LogP contribution is -1.95. The van der Waals surface area contributed by atoms with Gasteiger partial charge >= 0.3 is 0 Å². The monoisotopic (exact) mass is 590 g/mol. The molecule has 2 heterocycles. The quantitative estimate of drug-likeness (QED) is 0.165. The Kier molecular flexibility index (Phi) is 9.69. The first-order chi connectivity index (χ1) is 20.7. The van der Waals surface area contributed by atoms with Crippen LogP contribution in [0.5, 0.6) is 17.2 Å². The maximum absolute atomic E-state index is 13.5. The van der Waals surface area contributed by atoms with Gasteiger partial charge < -0.3 is 9.84 Å². The third-order valence-electron chi connectivity index (χ3n) is 5.76. The number of benzene rings is 4. The second kappa shape index (κ2) is 13.8. The van der Waals surface area contributed by atoms with Gasteiger partial charge in [0, 0.05) is 10.8 Å². The minimum Gasteiger partial charge on any atom is -0.506 e. The number of fused-ring (bicyclic) bond motifs is 2. The average molecular weight is 591 g/mol. The molecule has 0 radical (unpaired) electrons. The van der Waals surface area contributed by atoms with Gasteiger partial charge in [0.15, 0.2) is 12.6 Å². The average Bonchev–Trinajstić information content (AvgIpc) is 2.98. The molecular weight excluding hydrogens is 571 g/mol. The van der Waals surface area contributed by atoms with Gasteiger partial charge in [-0.1, -0.05) is 36.4 Å². The first-order valence-electron chi connectivity index (χ1n) is 12.3. The predicted octanol–water partition coefficient (Wildman–Crippen LogP) is 7.97.